The SMILES string of the molecule is CCCCCCC([N+](C)(CC)CC)(S(=O)(=O)C(F)(F)F)S(=O)(=O)C(F)(F)F.CCC[N+](C)(CC)CC. The van der Waals surface area contributed by atoms with Gasteiger partial charge in [0.15, 0.2) is 0 Å². The van der Waals surface area contributed by atoms with Gasteiger partial charge in [-0.25, -0.2) is 16.8 Å². The van der Waals surface area contributed by atoms with E-state index >= 15 is 0 Å². The molecule has 0 radical (unpaired) electrons. The third-order valence-electron chi connectivity index (χ3n) is 7.30. The van der Waals surface area contributed by atoms with Crippen LogP contribution in [-0.2, 0) is 19.7 Å². The highest BCUT2D eigenvalue weighted by molar-refractivity contribution is 8.10. The number of alkyl halides is 6. The van der Waals surface area contributed by atoms with Crippen molar-refractivity contribution in [2.75, 3.05) is 46.8 Å². The lowest BCUT2D eigenvalue weighted by molar-refractivity contribution is -0.927. The van der Waals surface area contributed by atoms with Crippen molar-refractivity contribution >= 4 is 19.7 Å². The Hall–Kier alpha value is -0.600. The van der Waals surface area contributed by atoms with Gasteiger partial charge in [-0.1, -0.05) is 33.1 Å². The third kappa shape index (κ3) is 7.72. The molecular formula is C22H46F6N2O4S2+2. The molecule has 220 valence electrons. The van der Waals surface area contributed by atoms with Crippen molar-refractivity contribution in [1.29, 1.82) is 0 Å². The summed E-state index contributed by atoms with van der Waals surface area (Å²) >= 11 is 0. The Labute approximate surface area is 214 Å². The minimum absolute atomic E-state index is 0.104. The largest absolute Gasteiger partial charge is 0.504 e. The Morgan fingerprint density at radius 2 is 0.972 bits per heavy atom. The Morgan fingerprint density at radius 3 is 1.19 bits per heavy atom. The second-order valence-electron chi connectivity index (χ2n) is 9.43. The molecule has 0 unspecified atom stereocenters. The van der Waals surface area contributed by atoms with Gasteiger partial charge in [-0.2, -0.15) is 26.3 Å². The maximum atomic E-state index is 13.4. The molecule has 0 aromatic rings. The number of hydrogen-bond donors (Lipinski definition) is 0. The fourth-order valence-electron chi connectivity index (χ4n) is 4.19. The van der Waals surface area contributed by atoms with Gasteiger partial charge >= 0.3 is 34.9 Å². The smallest absolute Gasteiger partial charge is 0.327 e. The molecule has 0 rings (SSSR count). The van der Waals surface area contributed by atoms with Crippen LogP contribution in [0, 0.1) is 0 Å². The zero-order valence-electron chi connectivity index (χ0n) is 22.9. The van der Waals surface area contributed by atoms with E-state index in [0.717, 1.165) is 20.9 Å². The summed E-state index contributed by atoms with van der Waals surface area (Å²) in [6.45, 7) is 13.6. The average molecular weight is 581 g/mol. The van der Waals surface area contributed by atoms with Crippen LogP contribution in [0.4, 0.5) is 26.3 Å². The molecule has 0 N–H and O–H groups in total. The van der Waals surface area contributed by atoms with E-state index in [-0.39, 0.29) is 6.42 Å². The summed E-state index contributed by atoms with van der Waals surface area (Å²) in [5, 5.41) is 0. The molecule has 0 aliphatic carbocycles. The Morgan fingerprint density at radius 1 is 0.583 bits per heavy atom. The summed E-state index contributed by atoms with van der Waals surface area (Å²) in [5.41, 5.74) is -12.3. The van der Waals surface area contributed by atoms with Crippen LogP contribution in [0.3, 0.4) is 0 Å². The quantitative estimate of drug-likeness (QED) is 0.147. The van der Waals surface area contributed by atoms with Crippen molar-refractivity contribution in [3.8, 4) is 0 Å². The molecule has 0 amide bonds. The number of quaternary nitrogens is 2. The fourth-order valence-corrected chi connectivity index (χ4v) is 9.13. The van der Waals surface area contributed by atoms with Crippen LogP contribution >= 0.6 is 0 Å². The summed E-state index contributed by atoms with van der Waals surface area (Å²) in [6, 6.07) is 0. The number of sulfone groups is 2. The fraction of sp³-hybridized carbons (Fsp3) is 1.00. The first-order valence-electron chi connectivity index (χ1n) is 12.4. The molecular weight excluding hydrogens is 534 g/mol. The summed E-state index contributed by atoms with van der Waals surface area (Å²) in [4.78, 5) is 0. The van der Waals surface area contributed by atoms with Gasteiger partial charge in [0.25, 0.3) is 0 Å². The molecule has 0 heterocycles. The van der Waals surface area contributed by atoms with Crippen LogP contribution in [0.25, 0.3) is 0 Å². The number of unbranched alkanes of at least 4 members (excludes halogenated alkanes) is 3. The van der Waals surface area contributed by atoms with E-state index in [1.165, 1.54) is 30.5 Å². The van der Waals surface area contributed by atoms with Crippen LogP contribution in [0.5, 0.6) is 0 Å². The summed E-state index contributed by atoms with van der Waals surface area (Å²) in [7, 11) is -10.4. The Bertz CT molecular complexity index is 805. The van der Waals surface area contributed by atoms with E-state index < -0.39 is 65.3 Å². The van der Waals surface area contributed by atoms with Crippen molar-refractivity contribution in [2.24, 2.45) is 0 Å². The number of hydrogen-bond acceptors (Lipinski definition) is 4. The Kier molecular flexibility index (Phi) is 14.6. The van der Waals surface area contributed by atoms with Crippen LogP contribution in [0.2, 0.25) is 0 Å². The lowest BCUT2D eigenvalue weighted by Gasteiger charge is -2.48. The molecule has 0 atom stereocenters. The molecule has 14 heteroatoms. The highest BCUT2D eigenvalue weighted by Crippen LogP contribution is 2.50. The van der Waals surface area contributed by atoms with E-state index in [9.17, 15) is 43.2 Å². The van der Waals surface area contributed by atoms with Gasteiger partial charge in [0, 0.05) is 6.42 Å². The standard InChI is InChI=1S/C14H26F6NO4S2.C8H20N/c1-5-8-9-10-11-12(21(4,6-2)7-3,26(22,23)13(15,16)17)27(24,25)14(18,19)20;1-5-8-9(4,6-2)7-3/h5-11H2,1-4H3;5-8H2,1-4H3/q2*+1. The molecule has 0 saturated carbocycles. The Balaban J connectivity index is 0. The highest BCUT2D eigenvalue weighted by Gasteiger charge is 2.79. The van der Waals surface area contributed by atoms with Gasteiger partial charge < -0.3 is 4.48 Å². The van der Waals surface area contributed by atoms with Gasteiger partial charge in [-0.05, 0) is 40.5 Å². The topological polar surface area (TPSA) is 68.3 Å². The highest BCUT2D eigenvalue weighted by atomic mass is 32.3. The molecule has 0 aliphatic heterocycles. The van der Waals surface area contributed by atoms with Crippen LogP contribution < -0.4 is 0 Å². The maximum absolute atomic E-state index is 13.4. The van der Waals surface area contributed by atoms with Gasteiger partial charge in [0.2, 0.25) is 0 Å². The predicted molar refractivity (Wildman–Crippen MR) is 131 cm³/mol. The van der Waals surface area contributed by atoms with E-state index in [0.29, 0.717) is 12.8 Å². The first-order chi connectivity index (χ1) is 16.1. The van der Waals surface area contributed by atoms with Crippen molar-refractivity contribution in [3.05, 3.63) is 0 Å². The minimum Gasteiger partial charge on any atom is -0.327 e. The summed E-state index contributed by atoms with van der Waals surface area (Å²) < 4.78 is 126. The van der Waals surface area contributed by atoms with Crippen LogP contribution in [0.1, 0.15) is 80.1 Å². The molecule has 0 fully saturated rings. The molecule has 0 aromatic carbocycles. The molecule has 6 nitrogen and oxygen atoms in total. The van der Waals surface area contributed by atoms with E-state index in [1.807, 2.05) is 0 Å². The zero-order valence-corrected chi connectivity index (χ0v) is 24.5. The zero-order chi connectivity index (χ0) is 29.3. The van der Waals surface area contributed by atoms with Gasteiger partial charge in [0.1, 0.15) is 0 Å². The van der Waals surface area contributed by atoms with E-state index in [4.69, 9.17) is 0 Å². The van der Waals surface area contributed by atoms with E-state index in [2.05, 4.69) is 27.8 Å². The van der Waals surface area contributed by atoms with Crippen LogP contribution in [-0.4, -0.2) is 87.8 Å². The van der Waals surface area contributed by atoms with Crippen LogP contribution in [0.15, 0.2) is 0 Å². The lowest BCUT2D eigenvalue weighted by atomic mass is 10.1. The van der Waals surface area contributed by atoms with Crippen molar-refractivity contribution < 1.29 is 52.1 Å². The minimum atomic E-state index is -6.75. The molecule has 0 bridgehead atoms. The first kappa shape index (κ1) is 37.6. The summed E-state index contributed by atoms with van der Waals surface area (Å²) in [5.74, 6) is 0. The number of rotatable bonds is 14. The maximum Gasteiger partial charge on any atom is 0.504 e. The monoisotopic (exact) mass is 580 g/mol. The lowest BCUT2D eigenvalue weighted by Crippen LogP contribution is -2.73. The predicted octanol–water partition coefficient (Wildman–Crippen LogP) is 5.85. The van der Waals surface area contributed by atoms with E-state index in [1.54, 1.807) is 6.92 Å². The van der Waals surface area contributed by atoms with Crippen molar-refractivity contribution in [1.82, 2.24) is 0 Å². The van der Waals surface area contributed by atoms with Crippen molar-refractivity contribution in [3.63, 3.8) is 0 Å². The second kappa shape index (κ2) is 14.0. The van der Waals surface area contributed by atoms with Gasteiger partial charge in [-0.15, -0.1) is 0 Å². The molecule has 0 spiro atoms. The van der Waals surface area contributed by atoms with Gasteiger partial charge in [-0.3, -0.25) is 4.48 Å². The van der Waals surface area contributed by atoms with Gasteiger partial charge in [0.05, 0.1) is 46.8 Å². The molecule has 0 aromatic heterocycles. The average Bonchev–Trinajstić information content (AvgIpc) is 2.77. The summed E-state index contributed by atoms with van der Waals surface area (Å²) in [6.07, 6.45) is 0.681. The number of halogens is 6. The molecule has 36 heavy (non-hydrogen) atoms. The normalized spacial score (nSPS) is 14.4. The third-order valence-corrected chi connectivity index (χ3v) is 12.8. The second-order valence-corrected chi connectivity index (χ2v) is 14.0. The first-order valence-corrected chi connectivity index (χ1v) is 15.4. The van der Waals surface area contributed by atoms with Crippen molar-refractivity contribution in [2.45, 2.75) is 95.3 Å². The number of nitrogens with zero attached hydrogens (tertiary/aromatic N) is 2. The molecule has 0 aliphatic rings. The molecule has 0 saturated heterocycles.